The Balaban J connectivity index is 0.00000112. The normalized spacial score (nSPS) is 17.7. The van der Waals surface area contributed by atoms with Crippen LogP contribution < -0.4 is 10.2 Å². The van der Waals surface area contributed by atoms with Crippen molar-refractivity contribution >= 4 is 29.4 Å². The van der Waals surface area contributed by atoms with Crippen LogP contribution in [-0.2, 0) is 9.59 Å². The van der Waals surface area contributed by atoms with Gasteiger partial charge in [0, 0.05) is 69.1 Å². The molecule has 1 N–H and O–H groups in total. The van der Waals surface area contributed by atoms with Gasteiger partial charge in [-0.15, -0.1) is 0 Å². The number of amides is 1. The van der Waals surface area contributed by atoms with E-state index in [2.05, 4.69) is 33.2 Å². The van der Waals surface area contributed by atoms with Crippen molar-refractivity contribution in [2.75, 3.05) is 56.5 Å². The molecule has 5 rings (SSSR count). The minimum atomic E-state index is -0.301. The maximum atomic E-state index is 13.8. The van der Waals surface area contributed by atoms with Gasteiger partial charge in [-0.2, -0.15) is 0 Å². The smallest absolute Gasteiger partial charge is 0.219 e. The summed E-state index contributed by atoms with van der Waals surface area (Å²) in [6, 6.07) is 10.4. The number of carbonyl (C=O) groups excluding carboxylic acids is 2. The van der Waals surface area contributed by atoms with Crippen LogP contribution in [0.15, 0.2) is 48.8 Å². The highest BCUT2D eigenvalue weighted by Gasteiger charge is 2.24. The molecule has 0 aliphatic carbocycles. The third-order valence-electron chi connectivity index (χ3n) is 6.94. The summed E-state index contributed by atoms with van der Waals surface area (Å²) < 4.78 is 13.8. The topological polar surface area (TPSA) is 94.6 Å². The zero-order valence-corrected chi connectivity index (χ0v) is 22.8. The molecule has 2 aliphatic rings. The number of aldehydes is 1. The second-order valence-corrected chi connectivity index (χ2v) is 9.89. The van der Waals surface area contributed by atoms with Crippen LogP contribution in [0.25, 0.3) is 11.3 Å². The first-order valence-corrected chi connectivity index (χ1v) is 13.3. The Morgan fingerprint density at radius 3 is 2.54 bits per heavy atom. The van der Waals surface area contributed by atoms with E-state index in [9.17, 15) is 9.18 Å². The van der Waals surface area contributed by atoms with E-state index >= 15 is 0 Å². The predicted molar refractivity (Wildman–Crippen MR) is 151 cm³/mol. The highest BCUT2D eigenvalue weighted by molar-refractivity contribution is 5.74. The summed E-state index contributed by atoms with van der Waals surface area (Å²) in [6.45, 7) is 7.97. The van der Waals surface area contributed by atoms with Gasteiger partial charge in [0.05, 0.1) is 17.6 Å². The van der Waals surface area contributed by atoms with E-state index in [4.69, 9.17) is 14.8 Å². The standard InChI is InChI=1S/C27H32FN7O.C2H4O/c1-19(36)34-9-11-35(12-10-34)24-13-21(16-29-17-24)25-15-26(30-23-7-3-6-22(28)14-23)32-27(31-25)20-5-4-8-33(2)18-20;1-2-3/h3,6-7,13-17,20H,4-5,8-12,18H2,1-2H3,(H,30,31,32);2H,1H3. The van der Waals surface area contributed by atoms with E-state index in [1.165, 1.54) is 19.1 Å². The lowest BCUT2D eigenvalue weighted by Crippen LogP contribution is -2.48. The van der Waals surface area contributed by atoms with Gasteiger partial charge in [0.1, 0.15) is 23.7 Å². The molecular formula is C29H36FN7O2. The molecule has 2 fully saturated rings. The number of nitrogens with zero attached hydrogens (tertiary/aromatic N) is 6. The van der Waals surface area contributed by atoms with E-state index in [1.807, 2.05) is 29.4 Å². The SMILES string of the molecule is CC(=O)N1CCN(c2cncc(-c3cc(Nc4cccc(F)c4)nc(C4CCCN(C)C4)n3)c2)CC1.CC=O. The molecule has 2 aromatic heterocycles. The first kappa shape index (κ1) is 28.1. The summed E-state index contributed by atoms with van der Waals surface area (Å²) in [5.74, 6) is 1.46. The summed E-state index contributed by atoms with van der Waals surface area (Å²) in [6.07, 6.45) is 6.56. The zero-order chi connectivity index (χ0) is 27.8. The number of hydrogen-bond acceptors (Lipinski definition) is 8. The lowest BCUT2D eigenvalue weighted by molar-refractivity contribution is -0.129. The van der Waals surface area contributed by atoms with Gasteiger partial charge in [-0.3, -0.25) is 9.78 Å². The first-order valence-electron chi connectivity index (χ1n) is 13.3. The van der Waals surface area contributed by atoms with Crippen molar-refractivity contribution in [2.45, 2.75) is 32.6 Å². The van der Waals surface area contributed by atoms with E-state index < -0.39 is 0 Å². The Morgan fingerprint density at radius 1 is 1.08 bits per heavy atom. The molecule has 2 saturated heterocycles. The molecule has 3 aromatic rings. The molecule has 39 heavy (non-hydrogen) atoms. The number of piperidine rings is 1. The molecule has 1 unspecified atom stereocenters. The minimum Gasteiger partial charge on any atom is -0.367 e. The number of likely N-dealkylation sites (N-methyl/N-ethyl adjacent to an activating group) is 1. The molecule has 9 nitrogen and oxygen atoms in total. The van der Waals surface area contributed by atoms with Crippen molar-refractivity contribution in [3.63, 3.8) is 0 Å². The number of pyridine rings is 1. The zero-order valence-electron chi connectivity index (χ0n) is 22.8. The van der Waals surface area contributed by atoms with Gasteiger partial charge < -0.3 is 24.8 Å². The summed E-state index contributed by atoms with van der Waals surface area (Å²) in [4.78, 5) is 41.3. The number of piperazine rings is 1. The summed E-state index contributed by atoms with van der Waals surface area (Å²) in [7, 11) is 2.13. The number of aromatic nitrogens is 3. The molecule has 1 aromatic carbocycles. The van der Waals surface area contributed by atoms with Crippen LogP contribution in [0.2, 0.25) is 0 Å². The van der Waals surface area contributed by atoms with Crippen molar-refractivity contribution in [3.8, 4) is 11.3 Å². The van der Waals surface area contributed by atoms with E-state index in [0.29, 0.717) is 24.6 Å². The van der Waals surface area contributed by atoms with Crippen LogP contribution in [0, 0.1) is 5.82 Å². The summed E-state index contributed by atoms with van der Waals surface area (Å²) >= 11 is 0. The third-order valence-corrected chi connectivity index (χ3v) is 6.94. The molecule has 0 bridgehead atoms. The molecule has 1 amide bonds. The van der Waals surface area contributed by atoms with Crippen molar-refractivity contribution in [1.82, 2.24) is 24.8 Å². The number of carbonyl (C=O) groups is 2. The second kappa shape index (κ2) is 13.2. The largest absolute Gasteiger partial charge is 0.367 e. The Bertz CT molecular complexity index is 1280. The lowest BCUT2D eigenvalue weighted by Gasteiger charge is -2.35. The number of rotatable bonds is 5. The van der Waals surface area contributed by atoms with Crippen LogP contribution in [0.5, 0.6) is 0 Å². The number of hydrogen-bond donors (Lipinski definition) is 1. The highest BCUT2D eigenvalue weighted by Crippen LogP contribution is 2.30. The number of halogens is 1. The Hall–Kier alpha value is -3.92. The van der Waals surface area contributed by atoms with Gasteiger partial charge >= 0.3 is 0 Å². The molecule has 2 aliphatic heterocycles. The number of anilines is 3. The number of benzene rings is 1. The van der Waals surface area contributed by atoms with Crippen molar-refractivity contribution in [2.24, 2.45) is 0 Å². The second-order valence-electron chi connectivity index (χ2n) is 9.89. The van der Waals surface area contributed by atoms with Crippen molar-refractivity contribution < 1.29 is 14.0 Å². The quantitative estimate of drug-likeness (QED) is 0.490. The maximum absolute atomic E-state index is 13.8. The Morgan fingerprint density at radius 2 is 1.85 bits per heavy atom. The minimum absolute atomic E-state index is 0.113. The van der Waals surface area contributed by atoms with Crippen LogP contribution in [0.1, 0.15) is 38.4 Å². The molecule has 10 heteroatoms. The summed E-state index contributed by atoms with van der Waals surface area (Å²) in [5, 5.41) is 3.27. The van der Waals surface area contributed by atoms with Crippen LogP contribution >= 0.6 is 0 Å². The van der Waals surface area contributed by atoms with E-state index in [1.54, 1.807) is 13.0 Å². The Labute approximate surface area is 229 Å². The predicted octanol–water partition coefficient (Wildman–Crippen LogP) is 4.10. The number of likely N-dealkylation sites (tertiary alicyclic amines) is 1. The van der Waals surface area contributed by atoms with Gasteiger partial charge in [0.15, 0.2) is 0 Å². The molecular weight excluding hydrogens is 497 g/mol. The molecule has 0 spiro atoms. The fourth-order valence-corrected chi connectivity index (χ4v) is 4.97. The van der Waals surface area contributed by atoms with Gasteiger partial charge in [-0.25, -0.2) is 14.4 Å². The van der Waals surface area contributed by atoms with Gasteiger partial charge in [-0.05, 0) is 57.6 Å². The third kappa shape index (κ3) is 7.57. The summed E-state index contributed by atoms with van der Waals surface area (Å²) in [5.41, 5.74) is 3.33. The average Bonchev–Trinajstić information content (AvgIpc) is 2.93. The fraction of sp³-hybridized carbons (Fsp3) is 0.414. The molecule has 1 atom stereocenters. The van der Waals surface area contributed by atoms with Crippen LogP contribution in [-0.4, -0.2) is 83.3 Å². The molecule has 206 valence electrons. The molecule has 4 heterocycles. The Kier molecular flexibility index (Phi) is 9.54. The maximum Gasteiger partial charge on any atom is 0.219 e. The lowest BCUT2D eigenvalue weighted by atomic mass is 9.97. The fourth-order valence-electron chi connectivity index (χ4n) is 4.97. The van der Waals surface area contributed by atoms with Gasteiger partial charge in [0.2, 0.25) is 5.91 Å². The van der Waals surface area contributed by atoms with Crippen molar-refractivity contribution in [1.29, 1.82) is 0 Å². The number of nitrogens with one attached hydrogen (secondary N) is 1. The highest BCUT2D eigenvalue weighted by atomic mass is 19.1. The molecule has 0 saturated carbocycles. The van der Waals surface area contributed by atoms with Crippen LogP contribution in [0.3, 0.4) is 0 Å². The van der Waals surface area contributed by atoms with E-state index in [0.717, 1.165) is 68.1 Å². The first-order chi connectivity index (χ1) is 18.9. The van der Waals surface area contributed by atoms with Crippen molar-refractivity contribution in [3.05, 3.63) is 60.4 Å². The average molecular weight is 534 g/mol. The van der Waals surface area contributed by atoms with E-state index in [-0.39, 0.29) is 17.6 Å². The van der Waals surface area contributed by atoms with Crippen LogP contribution in [0.4, 0.5) is 21.6 Å². The van der Waals surface area contributed by atoms with Gasteiger partial charge in [0.25, 0.3) is 0 Å². The monoisotopic (exact) mass is 533 g/mol. The molecule has 0 radical (unpaired) electrons. The van der Waals surface area contributed by atoms with Gasteiger partial charge in [-0.1, -0.05) is 6.07 Å².